The van der Waals surface area contributed by atoms with Gasteiger partial charge in [-0.3, -0.25) is 4.79 Å². The van der Waals surface area contributed by atoms with Gasteiger partial charge in [-0.25, -0.2) is 0 Å². The second-order valence-corrected chi connectivity index (χ2v) is 4.75. The molecule has 0 saturated carbocycles. The highest BCUT2D eigenvalue weighted by Crippen LogP contribution is 2.34. The van der Waals surface area contributed by atoms with E-state index < -0.39 is 23.2 Å². The molecule has 0 unspecified atom stereocenters. The third-order valence-corrected chi connectivity index (χ3v) is 3.47. The SMILES string of the molecule is Cl.O=C(O)[C@@]1(Cc2ccccc2C(F)(F)F)CCCN1. The Kier molecular flexibility index (Phi) is 5.05. The fourth-order valence-electron chi connectivity index (χ4n) is 2.49. The van der Waals surface area contributed by atoms with E-state index in [1.54, 1.807) is 0 Å². The molecule has 0 radical (unpaired) electrons. The van der Waals surface area contributed by atoms with Crippen molar-refractivity contribution in [2.75, 3.05) is 6.54 Å². The molecule has 0 aliphatic carbocycles. The summed E-state index contributed by atoms with van der Waals surface area (Å²) < 4.78 is 38.6. The predicted octanol–water partition coefficient (Wildman–Crippen LogP) is 2.88. The van der Waals surface area contributed by atoms with Crippen molar-refractivity contribution in [3.05, 3.63) is 35.4 Å². The summed E-state index contributed by atoms with van der Waals surface area (Å²) in [7, 11) is 0. The topological polar surface area (TPSA) is 49.3 Å². The summed E-state index contributed by atoms with van der Waals surface area (Å²) in [4.78, 5) is 11.3. The van der Waals surface area contributed by atoms with E-state index in [0.29, 0.717) is 19.4 Å². The van der Waals surface area contributed by atoms with Crippen molar-refractivity contribution in [3.63, 3.8) is 0 Å². The van der Waals surface area contributed by atoms with Crippen LogP contribution in [-0.2, 0) is 17.4 Å². The van der Waals surface area contributed by atoms with Crippen molar-refractivity contribution in [1.82, 2.24) is 5.32 Å². The van der Waals surface area contributed by atoms with Gasteiger partial charge < -0.3 is 10.4 Å². The molecule has 0 spiro atoms. The highest BCUT2D eigenvalue weighted by Gasteiger charge is 2.43. The predicted molar refractivity (Wildman–Crippen MR) is 70.0 cm³/mol. The van der Waals surface area contributed by atoms with Gasteiger partial charge in [0.05, 0.1) is 5.56 Å². The number of halogens is 4. The normalized spacial score (nSPS) is 22.4. The summed E-state index contributed by atoms with van der Waals surface area (Å²) in [6.07, 6.45) is -3.62. The maximum Gasteiger partial charge on any atom is 0.416 e. The summed E-state index contributed by atoms with van der Waals surface area (Å²) in [5.74, 6) is -1.10. The molecule has 0 amide bonds. The van der Waals surface area contributed by atoms with E-state index in [4.69, 9.17) is 0 Å². The third kappa shape index (κ3) is 3.24. The number of carboxylic acids is 1. The molecule has 1 aromatic rings. The van der Waals surface area contributed by atoms with E-state index in [9.17, 15) is 23.1 Å². The van der Waals surface area contributed by atoms with Gasteiger partial charge in [0.15, 0.2) is 0 Å². The smallest absolute Gasteiger partial charge is 0.416 e. The lowest BCUT2D eigenvalue weighted by Gasteiger charge is -2.26. The molecule has 1 aliphatic heterocycles. The molecule has 7 heteroatoms. The van der Waals surface area contributed by atoms with E-state index in [0.717, 1.165) is 6.07 Å². The average molecular weight is 310 g/mol. The summed E-state index contributed by atoms with van der Waals surface area (Å²) >= 11 is 0. The zero-order valence-corrected chi connectivity index (χ0v) is 11.4. The van der Waals surface area contributed by atoms with Crippen molar-refractivity contribution in [2.24, 2.45) is 0 Å². The van der Waals surface area contributed by atoms with Crippen LogP contribution in [0.4, 0.5) is 13.2 Å². The van der Waals surface area contributed by atoms with Gasteiger partial charge in [0.25, 0.3) is 0 Å². The highest BCUT2D eigenvalue weighted by molar-refractivity contribution is 5.85. The largest absolute Gasteiger partial charge is 0.480 e. The molecule has 1 saturated heterocycles. The molecule has 3 nitrogen and oxygen atoms in total. The lowest BCUT2D eigenvalue weighted by molar-refractivity contribution is -0.145. The second kappa shape index (κ2) is 6.01. The van der Waals surface area contributed by atoms with Crippen LogP contribution >= 0.6 is 12.4 Å². The van der Waals surface area contributed by atoms with Crippen LogP contribution < -0.4 is 5.32 Å². The maximum atomic E-state index is 12.9. The van der Waals surface area contributed by atoms with Gasteiger partial charge in [0, 0.05) is 6.42 Å². The number of alkyl halides is 3. The van der Waals surface area contributed by atoms with Crippen LogP contribution in [0, 0.1) is 0 Å². The molecule has 2 N–H and O–H groups in total. The number of carboxylic acid groups (broad SMARTS) is 1. The first-order valence-electron chi connectivity index (χ1n) is 5.99. The molecule has 1 atom stereocenters. The second-order valence-electron chi connectivity index (χ2n) is 4.75. The Morgan fingerprint density at radius 2 is 2.00 bits per heavy atom. The summed E-state index contributed by atoms with van der Waals surface area (Å²) in [5.41, 5.74) is -2.02. The fraction of sp³-hybridized carbons (Fsp3) is 0.462. The van der Waals surface area contributed by atoms with Crippen LogP contribution in [0.3, 0.4) is 0 Å². The molecule has 1 aromatic carbocycles. The minimum atomic E-state index is -4.46. The number of aliphatic carboxylic acids is 1. The van der Waals surface area contributed by atoms with Crippen molar-refractivity contribution in [2.45, 2.75) is 31.0 Å². The van der Waals surface area contributed by atoms with Crippen LogP contribution in [0.25, 0.3) is 0 Å². The van der Waals surface area contributed by atoms with Crippen LogP contribution in [0.5, 0.6) is 0 Å². The zero-order chi connectivity index (χ0) is 14.1. The lowest BCUT2D eigenvalue weighted by Crippen LogP contribution is -2.49. The molecule has 112 valence electrons. The fourth-order valence-corrected chi connectivity index (χ4v) is 2.49. The minimum Gasteiger partial charge on any atom is -0.480 e. The van der Waals surface area contributed by atoms with Crippen LogP contribution in [0.15, 0.2) is 24.3 Å². The molecule has 20 heavy (non-hydrogen) atoms. The Bertz CT molecular complexity index is 485. The number of rotatable bonds is 3. The Balaban J connectivity index is 0.00000200. The number of carbonyl (C=O) groups is 1. The first-order chi connectivity index (χ1) is 8.85. The van der Waals surface area contributed by atoms with Crippen molar-refractivity contribution in [3.8, 4) is 0 Å². The van der Waals surface area contributed by atoms with Gasteiger partial charge in [0.2, 0.25) is 0 Å². The molecule has 1 aliphatic rings. The van der Waals surface area contributed by atoms with Gasteiger partial charge in [0.1, 0.15) is 5.54 Å². The van der Waals surface area contributed by atoms with Gasteiger partial charge in [-0.1, -0.05) is 18.2 Å². The third-order valence-electron chi connectivity index (χ3n) is 3.47. The van der Waals surface area contributed by atoms with Gasteiger partial charge in [-0.2, -0.15) is 13.2 Å². The molecule has 0 bridgehead atoms. The summed E-state index contributed by atoms with van der Waals surface area (Å²) in [6.45, 7) is 0.514. The van der Waals surface area contributed by atoms with Crippen molar-refractivity contribution >= 4 is 18.4 Å². The average Bonchev–Trinajstić information content (AvgIpc) is 2.78. The van der Waals surface area contributed by atoms with Gasteiger partial charge in [-0.15, -0.1) is 12.4 Å². The van der Waals surface area contributed by atoms with E-state index in [2.05, 4.69) is 5.32 Å². The Labute approximate surface area is 120 Å². The van der Waals surface area contributed by atoms with Gasteiger partial charge >= 0.3 is 12.1 Å². The summed E-state index contributed by atoms with van der Waals surface area (Å²) in [5, 5.41) is 12.1. The lowest BCUT2D eigenvalue weighted by atomic mass is 9.87. The molecule has 1 heterocycles. The Morgan fingerprint density at radius 1 is 1.35 bits per heavy atom. The first kappa shape index (κ1) is 16.8. The minimum absolute atomic E-state index is 0. The van der Waals surface area contributed by atoms with E-state index in [1.165, 1.54) is 18.2 Å². The molecular formula is C13H15ClF3NO2. The summed E-state index contributed by atoms with van der Waals surface area (Å²) in [6, 6.07) is 5.13. The molecule has 2 rings (SSSR count). The Hall–Kier alpha value is -1.27. The number of nitrogens with one attached hydrogen (secondary N) is 1. The monoisotopic (exact) mass is 309 g/mol. The highest BCUT2D eigenvalue weighted by atomic mass is 35.5. The quantitative estimate of drug-likeness (QED) is 0.902. The van der Waals surface area contributed by atoms with Crippen molar-refractivity contribution in [1.29, 1.82) is 0 Å². The van der Waals surface area contributed by atoms with E-state index in [1.807, 2.05) is 0 Å². The number of benzene rings is 1. The van der Waals surface area contributed by atoms with E-state index >= 15 is 0 Å². The molecule has 1 fully saturated rings. The van der Waals surface area contributed by atoms with E-state index in [-0.39, 0.29) is 24.4 Å². The number of hydrogen-bond donors (Lipinski definition) is 2. The maximum absolute atomic E-state index is 12.9. The number of hydrogen-bond acceptors (Lipinski definition) is 2. The van der Waals surface area contributed by atoms with Crippen LogP contribution in [0.2, 0.25) is 0 Å². The van der Waals surface area contributed by atoms with Crippen molar-refractivity contribution < 1.29 is 23.1 Å². The Morgan fingerprint density at radius 3 is 2.50 bits per heavy atom. The zero-order valence-electron chi connectivity index (χ0n) is 10.5. The van der Waals surface area contributed by atoms with Crippen LogP contribution in [0.1, 0.15) is 24.0 Å². The molecular weight excluding hydrogens is 295 g/mol. The standard InChI is InChI=1S/C13H14F3NO2.ClH/c14-13(15,16)10-5-2-1-4-9(10)8-12(11(18)19)6-3-7-17-12;/h1-2,4-5,17H,3,6-8H2,(H,18,19);1H/t12-;/m0./s1. The first-order valence-corrected chi connectivity index (χ1v) is 5.99. The van der Waals surface area contributed by atoms with Gasteiger partial charge in [-0.05, 0) is 31.0 Å². The van der Waals surface area contributed by atoms with Crippen LogP contribution in [-0.4, -0.2) is 23.2 Å². The molecule has 0 aromatic heterocycles.